The molecule has 2 N–H and O–H groups in total. The number of nitriles is 1. The van der Waals surface area contributed by atoms with Gasteiger partial charge >= 0.3 is 0 Å². The first-order valence-corrected chi connectivity index (χ1v) is 7.10. The highest BCUT2D eigenvalue weighted by Gasteiger charge is 2.26. The quantitative estimate of drug-likeness (QED) is 0.885. The van der Waals surface area contributed by atoms with Gasteiger partial charge in [0.1, 0.15) is 0 Å². The zero-order valence-corrected chi connectivity index (χ0v) is 12.3. The van der Waals surface area contributed by atoms with Gasteiger partial charge in [0, 0.05) is 18.8 Å². The smallest absolute Gasteiger partial charge is 0.253 e. The second kappa shape index (κ2) is 5.96. The van der Waals surface area contributed by atoms with Crippen molar-refractivity contribution in [3.05, 3.63) is 28.8 Å². The number of carbonyl (C=O) groups excluding carboxylic acids is 1. The van der Waals surface area contributed by atoms with Crippen molar-refractivity contribution in [2.75, 3.05) is 12.4 Å². The lowest BCUT2D eigenvalue weighted by atomic mass is 9.80. The van der Waals surface area contributed by atoms with E-state index in [0.29, 0.717) is 17.0 Å². The summed E-state index contributed by atoms with van der Waals surface area (Å²) in [6.07, 6.45) is 3.64. The molecule has 0 aliphatic heterocycles. The van der Waals surface area contributed by atoms with Crippen molar-refractivity contribution in [1.29, 1.82) is 5.26 Å². The van der Waals surface area contributed by atoms with E-state index in [1.165, 1.54) is 19.3 Å². The molecular formula is C16H21N3O. The number of benzene rings is 1. The van der Waals surface area contributed by atoms with Crippen LogP contribution < -0.4 is 10.6 Å². The third-order valence-electron chi connectivity index (χ3n) is 4.17. The molecule has 2 rings (SSSR count). The maximum atomic E-state index is 12.4. The topological polar surface area (TPSA) is 64.9 Å². The third kappa shape index (κ3) is 2.77. The maximum absolute atomic E-state index is 12.4. The van der Waals surface area contributed by atoms with E-state index in [-0.39, 0.29) is 11.9 Å². The van der Waals surface area contributed by atoms with Gasteiger partial charge in [-0.25, -0.2) is 0 Å². The van der Waals surface area contributed by atoms with Crippen LogP contribution in [0.25, 0.3) is 0 Å². The molecule has 1 atom stereocenters. The molecule has 1 fully saturated rings. The number of rotatable bonds is 4. The standard InChI is InChI=1S/C16H21N3O/c1-10-7-12(9-17)8-14(15(10)18-3)16(20)19-11(2)13-5-4-6-13/h7-8,11,13,18H,4-6H2,1-3H3,(H,19,20). The van der Waals surface area contributed by atoms with Crippen LogP contribution in [-0.2, 0) is 0 Å². The van der Waals surface area contributed by atoms with E-state index in [4.69, 9.17) is 5.26 Å². The maximum Gasteiger partial charge on any atom is 0.253 e. The number of hydrogen-bond acceptors (Lipinski definition) is 3. The number of nitrogens with zero attached hydrogens (tertiary/aromatic N) is 1. The van der Waals surface area contributed by atoms with Gasteiger partial charge in [-0.2, -0.15) is 5.26 Å². The molecule has 1 saturated carbocycles. The molecule has 0 bridgehead atoms. The molecule has 1 aliphatic rings. The fourth-order valence-corrected chi connectivity index (χ4v) is 2.70. The molecule has 1 amide bonds. The summed E-state index contributed by atoms with van der Waals surface area (Å²) in [6, 6.07) is 5.74. The molecule has 1 aliphatic carbocycles. The Morgan fingerprint density at radius 2 is 2.15 bits per heavy atom. The van der Waals surface area contributed by atoms with Crippen LogP contribution in [0, 0.1) is 24.2 Å². The molecule has 1 unspecified atom stereocenters. The summed E-state index contributed by atoms with van der Waals surface area (Å²) in [4.78, 5) is 12.4. The molecule has 0 radical (unpaired) electrons. The molecule has 0 spiro atoms. The van der Waals surface area contributed by atoms with Gasteiger partial charge in [0.2, 0.25) is 0 Å². The second-order valence-corrected chi connectivity index (χ2v) is 5.53. The summed E-state index contributed by atoms with van der Waals surface area (Å²) >= 11 is 0. The van der Waals surface area contributed by atoms with Crippen molar-refractivity contribution >= 4 is 11.6 Å². The Kier molecular flexibility index (Phi) is 4.29. The average Bonchev–Trinajstić information content (AvgIpc) is 2.35. The van der Waals surface area contributed by atoms with Crippen molar-refractivity contribution in [1.82, 2.24) is 5.32 Å². The molecule has 4 nitrogen and oxygen atoms in total. The SMILES string of the molecule is CNc1c(C)cc(C#N)cc1C(=O)NC(C)C1CCC1. The summed E-state index contributed by atoms with van der Waals surface area (Å²) in [5.41, 5.74) is 2.77. The largest absolute Gasteiger partial charge is 0.387 e. The summed E-state index contributed by atoms with van der Waals surface area (Å²) in [5.74, 6) is 0.492. The monoisotopic (exact) mass is 271 g/mol. The molecule has 1 aromatic carbocycles. The number of carbonyl (C=O) groups is 1. The first-order chi connectivity index (χ1) is 9.56. The minimum atomic E-state index is -0.103. The van der Waals surface area contributed by atoms with Crippen LogP contribution in [0.15, 0.2) is 12.1 Å². The van der Waals surface area contributed by atoms with Gasteiger partial charge in [0.25, 0.3) is 5.91 Å². The molecular weight excluding hydrogens is 250 g/mol. The van der Waals surface area contributed by atoms with E-state index >= 15 is 0 Å². The fraction of sp³-hybridized carbons (Fsp3) is 0.500. The number of amides is 1. The number of nitrogens with one attached hydrogen (secondary N) is 2. The van der Waals surface area contributed by atoms with E-state index in [1.54, 1.807) is 19.2 Å². The van der Waals surface area contributed by atoms with Gasteiger partial charge in [-0.15, -0.1) is 0 Å². The van der Waals surface area contributed by atoms with E-state index in [0.717, 1.165) is 11.3 Å². The minimum Gasteiger partial charge on any atom is -0.387 e. The van der Waals surface area contributed by atoms with E-state index in [2.05, 4.69) is 23.6 Å². The van der Waals surface area contributed by atoms with Gasteiger partial charge < -0.3 is 10.6 Å². The Labute approximate surface area is 120 Å². The van der Waals surface area contributed by atoms with Gasteiger partial charge in [0.15, 0.2) is 0 Å². The molecule has 1 aromatic rings. The molecule has 0 aromatic heterocycles. The Balaban J connectivity index is 2.23. The number of hydrogen-bond donors (Lipinski definition) is 2. The van der Waals surface area contributed by atoms with Gasteiger partial charge in [-0.05, 0) is 50.3 Å². The summed E-state index contributed by atoms with van der Waals surface area (Å²) < 4.78 is 0. The first kappa shape index (κ1) is 14.4. The highest BCUT2D eigenvalue weighted by atomic mass is 16.1. The number of aryl methyl sites for hydroxylation is 1. The second-order valence-electron chi connectivity index (χ2n) is 5.53. The average molecular weight is 271 g/mol. The van der Waals surface area contributed by atoms with Crippen LogP contribution in [0.3, 0.4) is 0 Å². The van der Waals surface area contributed by atoms with Crippen LogP contribution >= 0.6 is 0 Å². The zero-order chi connectivity index (χ0) is 14.7. The lowest BCUT2D eigenvalue weighted by Crippen LogP contribution is -2.40. The Morgan fingerprint density at radius 3 is 2.65 bits per heavy atom. The predicted molar refractivity (Wildman–Crippen MR) is 79.7 cm³/mol. The molecule has 20 heavy (non-hydrogen) atoms. The Morgan fingerprint density at radius 1 is 1.45 bits per heavy atom. The molecule has 0 saturated heterocycles. The van der Waals surface area contributed by atoms with Crippen LogP contribution in [0.4, 0.5) is 5.69 Å². The number of anilines is 1. The normalized spacial score (nSPS) is 15.9. The van der Waals surface area contributed by atoms with Crippen LogP contribution in [0.1, 0.15) is 47.7 Å². The molecule has 4 heteroatoms. The van der Waals surface area contributed by atoms with Gasteiger partial charge in [0.05, 0.1) is 17.2 Å². The summed E-state index contributed by atoms with van der Waals surface area (Å²) in [5, 5.41) is 15.2. The molecule has 106 valence electrons. The first-order valence-electron chi connectivity index (χ1n) is 7.10. The highest BCUT2D eigenvalue weighted by molar-refractivity contribution is 6.00. The summed E-state index contributed by atoms with van der Waals surface area (Å²) in [6.45, 7) is 3.96. The Bertz CT molecular complexity index is 556. The van der Waals surface area contributed by atoms with Crippen molar-refractivity contribution in [3.8, 4) is 6.07 Å². The van der Waals surface area contributed by atoms with Gasteiger partial charge in [-0.3, -0.25) is 4.79 Å². The third-order valence-corrected chi connectivity index (χ3v) is 4.17. The lowest BCUT2D eigenvalue weighted by Gasteiger charge is -2.32. The van der Waals surface area contributed by atoms with E-state index in [1.807, 2.05) is 6.92 Å². The lowest BCUT2D eigenvalue weighted by molar-refractivity contribution is 0.0910. The van der Waals surface area contributed by atoms with E-state index < -0.39 is 0 Å². The van der Waals surface area contributed by atoms with E-state index in [9.17, 15) is 4.79 Å². The molecule has 0 heterocycles. The Hall–Kier alpha value is -2.02. The fourth-order valence-electron chi connectivity index (χ4n) is 2.70. The highest BCUT2D eigenvalue weighted by Crippen LogP contribution is 2.30. The van der Waals surface area contributed by atoms with Crippen LogP contribution in [0.5, 0.6) is 0 Å². The van der Waals surface area contributed by atoms with Gasteiger partial charge in [-0.1, -0.05) is 6.42 Å². The van der Waals surface area contributed by atoms with Crippen molar-refractivity contribution in [3.63, 3.8) is 0 Å². The minimum absolute atomic E-state index is 0.103. The predicted octanol–water partition coefficient (Wildman–Crippen LogP) is 2.83. The van der Waals surface area contributed by atoms with Crippen molar-refractivity contribution in [2.45, 2.75) is 39.2 Å². The van der Waals surface area contributed by atoms with Crippen LogP contribution in [-0.4, -0.2) is 19.0 Å². The van der Waals surface area contributed by atoms with Crippen molar-refractivity contribution in [2.24, 2.45) is 5.92 Å². The van der Waals surface area contributed by atoms with Crippen molar-refractivity contribution < 1.29 is 4.79 Å². The van der Waals surface area contributed by atoms with Crippen LogP contribution in [0.2, 0.25) is 0 Å². The zero-order valence-electron chi connectivity index (χ0n) is 12.3. The summed E-state index contributed by atoms with van der Waals surface area (Å²) in [7, 11) is 1.79.